The van der Waals surface area contributed by atoms with Crippen LogP contribution in [0.4, 0.5) is 10.1 Å². The molecule has 0 aromatic heterocycles. The van der Waals surface area contributed by atoms with Gasteiger partial charge in [-0.2, -0.15) is 0 Å². The normalized spacial score (nSPS) is 18.4. The summed E-state index contributed by atoms with van der Waals surface area (Å²) in [5.41, 5.74) is 3.33. The number of rotatable bonds is 4. The number of ether oxygens (including phenoxy) is 1. The van der Waals surface area contributed by atoms with Crippen LogP contribution in [0.3, 0.4) is 0 Å². The number of amides is 1. The number of carbonyl (C=O) groups is 2. The van der Waals surface area contributed by atoms with Crippen molar-refractivity contribution >= 4 is 17.4 Å². The highest BCUT2D eigenvalue weighted by molar-refractivity contribution is 6.09. The van der Waals surface area contributed by atoms with Gasteiger partial charge in [0.1, 0.15) is 5.82 Å². The molecule has 160 valence electrons. The molecule has 6 nitrogen and oxygen atoms in total. The summed E-state index contributed by atoms with van der Waals surface area (Å²) >= 11 is 0. The number of allylic oxidation sites excluding steroid dienone is 3. The molecule has 3 N–H and O–H groups in total. The first-order chi connectivity index (χ1) is 14.9. The minimum atomic E-state index is -0.632. The van der Waals surface area contributed by atoms with Crippen LogP contribution in [0, 0.1) is 5.82 Å². The molecule has 2 aliphatic rings. The second-order valence-electron chi connectivity index (χ2n) is 7.66. The number of Topliss-reactive ketones (excluding diaryl/α,β-unsaturated/α-hetero) is 1. The number of phenols is 1. The van der Waals surface area contributed by atoms with E-state index in [-0.39, 0.29) is 17.3 Å². The van der Waals surface area contributed by atoms with Gasteiger partial charge >= 0.3 is 0 Å². The maximum atomic E-state index is 13.6. The van der Waals surface area contributed by atoms with Crippen LogP contribution in [0.2, 0.25) is 0 Å². The van der Waals surface area contributed by atoms with Gasteiger partial charge in [-0.05, 0) is 55.7 Å². The Hall–Kier alpha value is -3.61. The maximum Gasteiger partial charge on any atom is 0.254 e. The van der Waals surface area contributed by atoms with Crippen molar-refractivity contribution in [1.82, 2.24) is 5.32 Å². The first-order valence-electron chi connectivity index (χ1n) is 10.1. The minimum Gasteiger partial charge on any atom is -0.504 e. The van der Waals surface area contributed by atoms with E-state index in [0.717, 1.165) is 12.1 Å². The molecule has 1 amide bonds. The van der Waals surface area contributed by atoms with E-state index in [0.29, 0.717) is 40.9 Å². The molecule has 1 heterocycles. The van der Waals surface area contributed by atoms with Crippen LogP contribution >= 0.6 is 0 Å². The predicted octanol–water partition coefficient (Wildman–Crippen LogP) is 4.15. The van der Waals surface area contributed by atoms with E-state index < -0.39 is 17.6 Å². The number of nitrogens with one attached hydrogen (secondary N) is 2. The Labute approximate surface area is 179 Å². The van der Waals surface area contributed by atoms with Crippen molar-refractivity contribution in [2.45, 2.75) is 32.1 Å². The van der Waals surface area contributed by atoms with Gasteiger partial charge < -0.3 is 20.5 Å². The van der Waals surface area contributed by atoms with E-state index in [2.05, 4.69) is 10.6 Å². The van der Waals surface area contributed by atoms with E-state index in [9.17, 15) is 19.1 Å². The quantitative estimate of drug-likeness (QED) is 0.689. The zero-order valence-corrected chi connectivity index (χ0v) is 17.3. The summed E-state index contributed by atoms with van der Waals surface area (Å²) in [4.78, 5) is 26.3. The Morgan fingerprint density at radius 3 is 2.77 bits per heavy atom. The molecular weight excluding hydrogens is 399 g/mol. The molecule has 0 saturated carbocycles. The van der Waals surface area contributed by atoms with Gasteiger partial charge in [-0.15, -0.1) is 0 Å². The summed E-state index contributed by atoms with van der Waals surface area (Å²) in [7, 11) is 1.44. The molecule has 1 aliphatic carbocycles. The molecule has 2 aromatic carbocycles. The summed E-state index contributed by atoms with van der Waals surface area (Å²) in [5, 5.41) is 16.0. The first-order valence-corrected chi connectivity index (χ1v) is 10.1. The molecule has 7 heteroatoms. The van der Waals surface area contributed by atoms with E-state index in [1.54, 1.807) is 25.1 Å². The standard InChI is InChI=1S/C24H23FN2O4/c1-13-21(24(30)27-16-6-3-5-15(25)12-16)22(14-9-10-18(28)20(11-14)31-2)23-17(26-13)7-4-8-19(23)29/h3,5-6,9-12,22,26,28H,4,7-8H2,1-2H3,(H,27,30)/t22-/m0/s1. The average Bonchev–Trinajstić information content (AvgIpc) is 2.73. The van der Waals surface area contributed by atoms with Crippen molar-refractivity contribution in [3.05, 3.63) is 76.4 Å². The number of benzene rings is 2. The lowest BCUT2D eigenvalue weighted by atomic mass is 9.75. The molecular formula is C24H23FN2O4. The summed E-state index contributed by atoms with van der Waals surface area (Å²) in [6.07, 6.45) is 1.86. The zero-order chi connectivity index (χ0) is 22.1. The molecule has 2 aromatic rings. The monoisotopic (exact) mass is 422 g/mol. The first kappa shape index (κ1) is 20.7. The van der Waals surface area contributed by atoms with Crippen molar-refractivity contribution in [1.29, 1.82) is 0 Å². The predicted molar refractivity (Wildman–Crippen MR) is 114 cm³/mol. The van der Waals surface area contributed by atoms with E-state index >= 15 is 0 Å². The third-order valence-electron chi connectivity index (χ3n) is 5.64. The van der Waals surface area contributed by atoms with Gasteiger partial charge in [0.15, 0.2) is 17.3 Å². The lowest BCUT2D eigenvalue weighted by Gasteiger charge is -2.34. The molecule has 0 fully saturated rings. The third-order valence-corrected chi connectivity index (χ3v) is 5.64. The Balaban J connectivity index is 1.81. The van der Waals surface area contributed by atoms with Crippen LogP contribution in [0.25, 0.3) is 0 Å². The number of ketones is 1. The van der Waals surface area contributed by atoms with Crippen LogP contribution in [-0.2, 0) is 9.59 Å². The highest BCUT2D eigenvalue weighted by Crippen LogP contribution is 2.44. The second-order valence-corrected chi connectivity index (χ2v) is 7.66. The largest absolute Gasteiger partial charge is 0.504 e. The number of anilines is 1. The number of aromatic hydroxyl groups is 1. The fourth-order valence-electron chi connectivity index (χ4n) is 4.26. The Bertz CT molecular complexity index is 1140. The van der Waals surface area contributed by atoms with E-state index in [4.69, 9.17) is 4.74 Å². The highest BCUT2D eigenvalue weighted by atomic mass is 19.1. The lowest BCUT2D eigenvalue weighted by Crippen LogP contribution is -2.35. The van der Waals surface area contributed by atoms with Crippen molar-refractivity contribution in [3.8, 4) is 11.5 Å². The molecule has 0 saturated heterocycles. The van der Waals surface area contributed by atoms with Gasteiger partial charge in [0, 0.05) is 40.6 Å². The van der Waals surface area contributed by atoms with E-state index in [1.807, 2.05) is 0 Å². The van der Waals surface area contributed by atoms with Crippen LogP contribution in [0.1, 0.15) is 37.7 Å². The molecule has 0 bridgehead atoms. The average molecular weight is 422 g/mol. The van der Waals surface area contributed by atoms with Gasteiger partial charge in [0.2, 0.25) is 0 Å². The van der Waals surface area contributed by atoms with Crippen molar-refractivity contribution < 1.29 is 23.8 Å². The van der Waals surface area contributed by atoms with Gasteiger partial charge in [-0.3, -0.25) is 9.59 Å². The smallest absolute Gasteiger partial charge is 0.254 e. The van der Waals surface area contributed by atoms with Gasteiger partial charge in [-0.25, -0.2) is 4.39 Å². The maximum absolute atomic E-state index is 13.6. The fourth-order valence-corrected chi connectivity index (χ4v) is 4.26. The van der Waals surface area contributed by atoms with Crippen molar-refractivity contribution in [2.75, 3.05) is 12.4 Å². The van der Waals surface area contributed by atoms with Gasteiger partial charge in [-0.1, -0.05) is 12.1 Å². The summed E-state index contributed by atoms with van der Waals surface area (Å²) in [6, 6.07) is 10.5. The number of dihydropyridines is 1. The number of phenolic OH excluding ortho intramolecular Hbond substituents is 1. The third kappa shape index (κ3) is 3.91. The molecule has 31 heavy (non-hydrogen) atoms. The SMILES string of the molecule is COc1cc([C@H]2C(C(=O)Nc3cccc(F)c3)=C(C)NC3=C2C(=O)CCC3)ccc1O. The molecule has 0 spiro atoms. The molecule has 4 rings (SSSR count). The Morgan fingerprint density at radius 2 is 2.03 bits per heavy atom. The van der Waals surface area contributed by atoms with Crippen LogP contribution in [-0.4, -0.2) is 23.9 Å². The molecule has 1 aliphatic heterocycles. The number of hydrogen-bond donors (Lipinski definition) is 3. The number of hydrogen-bond acceptors (Lipinski definition) is 5. The number of halogens is 1. The zero-order valence-electron chi connectivity index (χ0n) is 17.3. The highest BCUT2D eigenvalue weighted by Gasteiger charge is 2.38. The Kier molecular flexibility index (Phi) is 5.50. The van der Waals surface area contributed by atoms with Crippen molar-refractivity contribution in [3.63, 3.8) is 0 Å². The Morgan fingerprint density at radius 1 is 1.23 bits per heavy atom. The topological polar surface area (TPSA) is 87.7 Å². The van der Waals surface area contributed by atoms with Crippen LogP contribution < -0.4 is 15.4 Å². The number of carbonyl (C=O) groups excluding carboxylic acids is 2. The number of methoxy groups -OCH3 is 1. The van der Waals surface area contributed by atoms with Crippen molar-refractivity contribution in [2.24, 2.45) is 0 Å². The molecule has 1 atom stereocenters. The summed E-state index contributed by atoms with van der Waals surface area (Å²) in [6.45, 7) is 1.79. The van der Waals surface area contributed by atoms with E-state index in [1.165, 1.54) is 31.4 Å². The fraction of sp³-hybridized carbons (Fsp3) is 0.250. The molecule has 0 unspecified atom stereocenters. The minimum absolute atomic E-state index is 0.0191. The van der Waals surface area contributed by atoms with Gasteiger partial charge in [0.05, 0.1) is 7.11 Å². The van der Waals surface area contributed by atoms with Crippen LogP contribution in [0.5, 0.6) is 11.5 Å². The molecule has 0 radical (unpaired) electrons. The summed E-state index contributed by atoms with van der Waals surface area (Å²) < 4.78 is 18.9. The lowest BCUT2D eigenvalue weighted by molar-refractivity contribution is -0.116. The second kappa shape index (κ2) is 8.26. The van der Waals surface area contributed by atoms with Gasteiger partial charge in [0.25, 0.3) is 5.91 Å². The van der Waals surface area contributed by atoms with Crippen LogP contribution in [0.15, 0.2) is 65.0 Å². The summed E-state index contributed by atoms with van der Waals surface area (Å²) in [5.74, 6) is -1.32.